The molecule has 1 fully saturated rings. The van der Waals surface area contributed by atoms with Gasteiger partial charge in [0.05, 0.1) is 0 Å². The normalized spacial score (nSPS) is 23.1. The summed E-state index contributed by atoms with van der Waals surface area (Å²) in [4.78, 5) is 22.6. The molecule has 25 heavy (non-hydrogen) atoms. The summed E-state index contributed by atoms with van der Waals surface area (Å²) in [6.07, 6.45) is 4.34. The van der Waals surface area contributed by atoms with Gasteiger partial charge in [0.25, 0.3) is 0 Å². The highest BCUT2D eigenvalue weighted by molar-refractivity contribution is 5.76. The van der Waals surface area contributed by atoms with E-state index in [-0.39, 0.29) is 0 Å². The maximum absolute atomic E-state index is 11.8. The van der Waals surface area contributed by atoms with Crippen LogP contribution in [0.5, 0.6) is 0 Å². The van der Waals surface area contributed by atoms with Crippen molar-refractivity contribution in [3.05, 3.63) is 53.6 Å². The van der Waals surface area contributed by atoms with Gasteiger partial charge in [0.1, 0.15) is 12.1 Å². The summed E-state index contributed by atoms with van der Waals surface area (Å²) in [6, 6.07) is 6.97. The molecule has 2 atom stereocenters. The monoisotopic (exact) mass is 339 g/mol. The minimum Gasteiger partial charge on any atom is -0.480 e. The fourth-order valence-corrected chi connectivity index (χ4v) is 3.68. The minimum absolute atomic E-state index is 0.443. The first kappa shape index (κ1) is 16.0. The van der Waals surface area contributed by atoms with Crippen LogP contribution in [-0.2, 0) is 17.8 Å². The van der Waals surface area contributed by atoms with Gasteiger partial charge in [-0.1, -0.05) is 6.07 Å². The SMILES string of the molecule is O=C(O)C1NCCN(c2ccc3c(c2)CNCC3)C1c1ncccn1. The molecule has 0 spiro atoms. The highest BCUT2D eigenvalue weighted by Gasteiger charge is 2.39. The molecule has 4 rings (SSSR count). The second kappa shape index (κ2) is 6.78. The molecule has 2 aromatic rings. The largest absolute Gasteiger partial charge is 0.480 e. The van der Waals surface area contributed by atoms with E-state index in [0.717, 1.165) is 25.2 Å². The number of fused-ring (bicyclic) bond motifs is 1. The van der Waals surface area contributed by atoms with Crippen LogP contribution in [-0.4, -0.2) is 46.7 Å². The van der Waals surface area contributed by atoms with Gasteiger partial charge >= 0.3 is 5.97 Å². The second-order valence-corrected chi connectivity index (χ2v) is 6.40. The zero-order valence-corrected chi connectivity index (χ0v) is 13.9. The summed E-state index contributed by atoms with van der Waals surface area (Å²) in [5, 5.41) is 16.2. The van der Waals surface area contributed by atoms with Crippen molar-refractivity contribution in [1.82, 2.24) is 20.6 Å². The lowest BCUT2D eigenvalue weighted by atomic mass is 9.97. The predicted molar refractivity (Wildman–Crippen MR) is 93.4 cm³/mol. The Morgan fingerprint density at radius 1 is 1.20 bits per heavy atom. The Balaban J connectivity index is 1.74. The summed E-state index contributed by atoms with van der Waals surface area (Å²) < 4.78 is 0. The van der Waals surface area contributed by atoms with Gasteiger partial charge < -0.3 is 20.6 Å². The molecule has 0 amide bonds. The molecule has 1 aromatic heterocycles. The van der Waals surface area contributed by atoms with E-state index in [1.165, 1.54) is 11.1 Å². The van der Waals surface area contributed by atoms with E-state index < -0.39 is 18.1 Å². The lowest BCUT2D eigenvalue weighted by Gasteiger charge is -2.41. The summed E-state index contributed by atoms with van der Waals surface area (Å²) in [5.74, 6) is -0.361. The Kier molecular flexibility index (Phi) is 4.33. The molecule has 1 saturated heterocycles. The summed E-state index contributed by atoms with van der Waals surface area (Å²) in [7, 11) is 0. The number of hydrogen-bond acceptors (Lipinski definition) is 6. The fourth-order valence-electron chi connectivity index (χ4n) is 3.68. The molecule has 0 saturated carbocycles. The van der Waals surface area contributed by atoms with Crippen LogP contribution < -0.4 is 15.5 Å². The Labute approximate surface area is 146 Å². The number of hydrogen-bond donors (Lipinski definition) is 3. The van der Waals surface area contributed by atoms with E-state index >= 15 is 0 Å². The number of nitrogens with zero attached hydrogens (tertiary/aromatic N) is 3. The van der Waals surface area contributed by atoms with Crippen molar-refractivity contribution in [1.29, 1.82) is 0 Å². The topological polar surface area (TPSA) is 90.4 Å². The van der Waals surface area contributed by atoms with Crippen LogP contribution in [0.3, 0.4) is 0 Å². The molecule has 3 heterocycles. The first-order valence-corrected chi connectivity index (χ1v) is 8.56. The van der Waals surface area contributed by atoms with Crippen LogP contribution in [0.2, 0.25) is 0 Å². The van der Waals surface area contributed by atoms with Gasteiger partial charge in [0.15, 0.2) is 5.82 Å². The smallest absolute Gasteiger partial charge is 0.323 e. The number of carbonyl (C=O) groups is 1. The zero-order valence-electron chi connectivity index (χ0n) is 13.9. The highest BCUT2D eigenvalue weighted by atomic mass is 16.4. The van der Waals surface area contributed by atoms with Gasteiger partial charge in [-0.05, 0) is 42.3 Å². The van der Waals surface area contributed by atoms with Crippen molar-refractivity contribution in [3.63, 3.8) is 0 Å². The van der Waals surface area contributed by atoms with Crippen molar-refractivity contribution in [2.45, 2.75) is 25.0 Å². The average Bonchev–Trinajstić information content (AvgIpc) is 2.67. The van der Waals surface area contributed by atoms with E-state index in [2.05, 4.69) is 43.7 Å². The number of piperazine rings is 1. The molecular formula is C18H21N5O2. The molecule has 0 radical (unpaired) electrons. The number of carboxylic acids is 1. The van der Waals surface area contributed by atoms with Crippen molar-refractivity contribution >= 4 is 11.7 Å². The second-order valence-electron chi connectivity index (χ2n) is 6.40. The van der Waals surface area contributed by atoms with Gasteiger partial charge in [-0.2, -0.15) is 0 Å². The Bertz CT molecular complexity index is 767. The number of carboxylic acid groups (broad SMARTS) is 1. The Hall–Kier alpha value is -2.51. The molecule has 1 aromatic carbocycles. The first-order chi connectivity index (χ1) is 12.2. The molecule has 7 nitrogen and oxygen atoms in total. The molecule has 0 aliphatic carbocycles. The third-order valence-electron chi connectivity index (χ3n) is 4.89. The van der Waals surface area contributed by atoms with Crippen molar-refractivity contribution in [2.75, 3.05) is 24.5 Å². The molecule has 2 unspecified atom stereocenters. The Morgan fingerprint density at radius 2 is 2.04 bits per heavy atom. The van der Waals surface area contributed by atoms with E-state index in [0.29, 0.717) is 18.9 Å². The van der Waals surface area contributed by atoms with E-state index in [1.54, 1.807) is 18.5 Å². The van der Waals surface area contributed by atoms with Crippen molar-refractivity contribution in [3.8, 4) is 0 Å². The number of nitrogens with one attached hydrogen (secondary N) is 2. The summed E-state index contributed by atoms with van der Waals surface area (Å²) in [6.45, 7) is 3.17. The predicted octanol–water partition coefficient (Wildman–Crippen LogP) is 0.726. The third kappa shape index (κ3) is 3.08. The highest BCUT2D eigenvalue weighted by Crippen LogP contribution is 2.32. The average molecular weight is 339 g/mol. The number of rotatable bonds is 3. The number of anilines is 1. The van der Waals surface area contributed by atoms with E-state index in [1.807, 2.05) is 0 Å². The van der Waals surface area contributed by atoms with Crippen LogP contribution in [0.1, 0.15) is 23.0 Å². The van der Waals surface area contributed by atoms with Crippen LogP contribution in [0.25, 0.3) is 0 Å². The lowest BCUT2D eigenvalue weighted by molar-refractivity contribution is -0.140. The Morgan fingerprint density at radius 3 is 2.84 bits per heavy atom. The van der Waals surface area contributed by atoms with Gasteiger partial charge in [-0.3, -0.25) is 4.79 Å². The van der Waals surface area contributed by atoms with E-state index in [9.17, 15) is 9.90 Å². The summed E-state index contributed by atoms with van der Waals surface area (Å²) >= 11 is 0. The van der Waals surface area contributed by atoms with Crippen molar-refractivity contribution < 1.29 is 9.90 Å². The lowest BCUT2D eigenvalue weighted by Crippen LogP contribution is -2.56. The van der Waals surface area contributed by atoms with Gasteiger partial charge in [-0.15, -0.1) is 0 Å². The maximum atomic E-state index is 11.8. The quantitative estimate of drug-likeness (QED) is 0.759. The first-order valence-electron chi connectivity index (χ1n) is 8.56. The summed E-state index contributed by atoms with van der Waals surface area (Å²) in [5.41, 5.74) is 3.66. The molecule has 3 N–H and O–H groups in total. The van der Waals surface area contributed by atoms with E-state index in [4.69, 9.17) is 0 Å². The standard InChI is InChI=1S/C18H21N5O2/c24-18(25)15-16(17-21-5-1-6-22-17)23(9-8-20-15)14-3-2-12-4-7-19-11-13(12)10-14/h1-3,5-6,10,15-16,19-20H,4,7-9,11H2,(H,24,25). The number of aliphatic carboxylic acids is 1. The zero-order chi connectivity index (χ0) is 17.2. The maximum Gasteiger partial charge on any atom is 0.323 e. The van der Waals surface area contributed by atoms with Crippen LogP contribution in [0.4, 0.5) is 5.69 Å². The van der Waals surface area contributed by atoms with Crippen LogP contribution in [0, 0.1) is 0 Å². The molecular weight excluding hydrogens is 318 g/mol. The van der Waals surface area contributed by atoms with Crippen molar-refractivity contribution in [2.24, 2.45) is 0 Å². The van der Waals surface area contributed by atoms with Gasteiger partial charge in [0.2, 0.25) is 0 Å². The molecule has 7 heteroatoms. The molecule has 2 aliphatic rings. The third-order valence-corrected chi connectivity index (χ3v) is 4.89. The molecule has 2 aliphatic heterocycles. The van der Waals surface area contributed by atoms with Crippen LogP contribution >= 0.6 is 0 Å². The van der Waals surface area contributed by atoms with Gasteiger partial charge in [-0.25, -0.2) is 9.97 Å². The molecule has 0 bridgehead atoms. The fraction of sp³-hybridized carbons (Fsp3) is 0.389. The number of aromatic nitrogens is 2. The van der Waals surface area contributed by atoms with Gasteiger partial charge in [0, 0.05) is 37.7 Å². The van der Waals surface area contributed by atoms with Crippen LogP contribution in [0.15, 0.2) is 36.7 Å². The molecule has 130 valence electrons. The minimum atomic E-state index is -0.887. The number of benzene rings is 1.